The Balaban J connectivity index is 0.000000117. The molecule has 3 heterocycles. The predicted molar refractivity (Wildman–Crippen MR) is 267 cm³/mol. The minimum Gasteiger partial charge on any atom is -0.378 e. The fourth-order valence-electron chi connectivity index (χ4n) is 7.93. The highest BCUT2D eigenvalue weighted by atomic mass is 16.2. The summed E-state index contributed by atoms with van der Waals surface area (Å²) in [6.07, 6.45) is 6.92. The van der Waals surface area contributed by atoms with Crippen LogP contribution in [-0.4, -0.2) is 50.6 Å². The molecule has 3 aromatic heterocycles. The van der Waals surface area contributed by atoms with Gasteiger partial charge >= 0.3 is 0 Å². The second-order valence-corrected chi connectivity index (χ2v) is 15.7. The molecule has 0 spiro atoms. The van der Waals surface area contributed by atoms with E-state index in [-0.39, 0.29) is 0 Å². The molecule has 12 rings (SSSR count). The van der Waals surface area contributed by atoms with Crippen molar-refractivity contribution in [3.63, 3.8) is 0 Å². The number of nitrogens with zero attached hydrogens (tertiary/aromatic N) is 6. The Morgan fingerprint density at radius 2 is 0.701 bits per heavy atom. The number of anilines is 1. The average molecular weight is 873 g/mol. The van der Waals surface area contributed by atoms with Gasteiger partial charge in [0.2, 0.25) is 22.4 Å². The van der Waals surface area contributed by atoms with Crippen molar-refractivity contribution in [3.05, 3.63) is 238 Å². The summed E-state index contributed by atoms with van der Waals surface area (Å²) >= 11 is 0. The maximum absolute atomic E-state index is 12.1. The van der Waals surface area contributed by atoms with Crippen LogP contribution in [0.15, 0.2) is 216 Å². The molecule has 0 N–H and O–H groups in total. The van der Waals surface area contributed by atoms with Crippen LogP contribution in [0.3, 0.4) is 0 Å². The lowest BCUT2D eigenvalue weighted by Gasteiger charge is -2.16. The Bertz CT molecular complexity index is 3350. The van der Waals surface area contributed by atoms with Crippen LogP contribution < -0.4 is 15.8 Å². The summed E-state index contributed by atoms with van der Waals surface area (Å²) in [5.74, 6) is 1.07. The van der Waals surface area contributed by atoms with E-state index in [9.17, 15) is 19.2 Å². The monoisotopic (exact) mass is 872 g/mol. The molecule has 8 aromatic carbocycles. The molecule has 0 aliphatic heterocycles. The maximum Gasteiger partial charge on any atom is 0.234 e. The van der Waals surface area contributed by atoms with E-state index in [0.29, 0.717) is 39.4 Å². The van der Waals surface area contributed by atoms with Gasteiger partial charge in [0.25, 0.3) is 0 Å². The molecule has 0 saturated heterocycles. The molecule has 0 amide bonds. The van der Waals surface area contributed by atoms with Gasteiger partial charge in [-0.25, -0.2) is 15.0 Å². The van der Waals surface area contributed by atoms with Gasteiger partial charge < -0.3 is 4.90 Å². The van der Waals surface area contributed by atoms with Crippen molar-refractivity contribution in [2.75, 3.05) is 19.0 Å². The van der Waals surface area contributed by atoms with E-state index in [1.165, 1.54) is 5.69 Å². The lowest BCUT2D eigenvalue weighted by molar-refractivity contribution is 0.0815. The van der Waals surface area contributed by atoms with Gasteiger partial charge in [-0.05, 0) is 58.3 Å². The zero-order chi connectivity index (χ0) is 46.3. The second-order valence-electron chi connectivity index (χ2n) is 15.7. The summed E-state index contributed by atoms with van der Waals surface area (Å²) in [5.41, 5.74) is 5.92. The average Bonchev–Trinajstić information content (AvgIpc) is 3.40. The minimum absolute atomic E-state index is 0.396. The van der Waals surface area contributed by atoms with Gasteiger partial charge in [0, 0.05) is 93.9 Å². The highest BCUT2D eigenvalue weighted by Gasteiger charge is 2.29. The van der Waals surface area contributed by atoms with Crippen LogP contribution in [0, 0.1) is 0 Å². The first kappa shape index (κ1) is 43.1. The lowest BCUT2D eigenvalue weighted by Crippen LogP contribution is -2.24. The van der Waals surface area contributed by atoms with Crippen molar-refractivity contribution in [3.8, 4) is 45.3 Å². The van der Waals surface area contributed by atoms with Crippen molar-refractivity contribution in [2.24, 2.45) is 0 Å². The van der Waals surface area contributed by atoms with E-state index in [0.717, 1.165) is 49.4 Å². The Morgan fingerprint density at radius 3 is 1.09 bits per heavy atom. The van der Waals surface area contributed by atoms with Crippen LogP contribution in [0.2, 0.25) is 0 Å². The summed E-state index contributed by atoms with van der Waals surface area (Å²) in [6, 6.07) is 57.2. The standard InChI is InChI=1S/C19H13N5.C16H8O2.C14H8O2.C8H11N/c1-2-4-14(5-3-1)17-22-18(15-6-10-20-11-7-15)24-19(23-17)16-8-12-21-13-9-16;17-15-11-5-1-3-9-7-8-10-4-2-6-12(16(15)18)14(10)13(9)11;15-13-11-7-3-1-5-9(11)10-6-2-4-8-12(10)14(13)16;1-9(2)8-6-4-3-5-7-8/h1-13H;1-8H;1-8H;3-7H,1-2H3. The molecule has 67 heavy (non-hydrogen) atoms. The van der Waals surface area contributed by atoms with Crippen molar-refractivity contribution < 1.29 is 9.59 Å². The third kappa shape index (κ3) is 9.00. The smallest absolute Gasteiger partial charge is 0.234 e. The number of aromatic nitrogens is 5. The van der Waals surface area contributed by atoms with Crippen LogP contribution in [-0.2, 0) is 0 Å². The number of para-hydroxylation sites is 1. The molecule has 0 saturated carbocycles. The molecule has 10 heteroatoms. The Morgan fingerprint density at radius 1 is 0.343 bits per heavy atom. The molecule has 0 bridgehead atoms. The number of ketones is 2. The number of hydrogen-bond donors (Lipinski definition) is 0. The highest BCUT2D eigenvalue weighted by molar-refractivity contribution is 6.53. The zero-order valence-corrected chi connectivity index (χ0v) is 36.4. The molecule has 0 atom stereocenters. The molecule has 0 fully saturated rings. The SMILES string of the molecule is CN(C)c1ccccc1.O=C1C(=O)c2ccccc2-c2ccccc21.O=c1c(=O)c2cccc3ccc4cccc1c4c32.c1ccc(-c2nc(-c3ccncc3)nc(-c3ccncc3)n2)cc1. The Hall–Kier alpha value is -9.15. The van der Waals surface area contributed by atoms with Crippen LogP contribution >= 0.6 is 0 Å². The largest absolute Gasteiger partial charge is 0.378 e. The highest BCUT2D eigenvalue weighted by Crippen LogP contribution is 2.33. The first-order chi connectivity index (χ1) is 32.8. The molecule has 10 nitrogen and oxygen atoms in total. The molecular formula is C57H40N6O4. The first-order valence-corrected chi connectivity index (χ1v) is 21.4. The first-order valence-electron chi connectivity index (χ1n) is 21.4. The molecule has 1 aliphatic carbocycles. The second kappa shape index (κ2) is 19.3. The number of hydrogen-bond acceptors (Lipinski definition) is 10. The lowest BCUT2D eigenvalue weighted by atomic mass is 9.84. The van der Waals surface area contributed by atoms with E-state index >= 15 is 0 Å². The normalized spacial score (nSPS) is 11.3. The summed E-state index contributed by atoms with van der Waals surface area (Å²) in [5, 5.41) is 4.90. The predicted octanol–water partition coefficient (Wildman–Crippen LogP) is 10.9. The van der Waals surface area contributed by atoms with E-state index in [1.54, 1.807) is 61.2 Å². The third-order valence-electron chi connectivity index (χ3n) is 11.2. The number of fused-ring (bicyclic) bond motifs is 3. The fourth-order valence-corrected chi connectivity index (χ4v) is 7.93. The van der Waals surface area contributed by atoms with Crippen LogP contribution in [0.1, 0.15) is 20.7 Å². The van der Waals surface area contributed by atoms with Crippen LogP contribution in [0.4, 0.5) is 5.69 Å². The molecule has 11 aromatic rings. The summed E-state index contributed by atoms with van der Waals surface area (Å²) < 4.78 is 0. The van der Waals surface area contributed by atoms with E-state index in [4.69, 9.17) is 0 Å². The minimum atomic E-state index is -0.408. The summed E-state index contributed by atoms with van der Waals surface area (Å²) in [6.45, 7) is 0. The van der Waals surface area contributed by atoms with E-state index in [2.05, 4.69) is 42.0 Å². The third-order valence-corrected chi connectivity index (χ3v) is 11.2. The number of Topliss-reactive ketones (excluding diaryl/α,β-unsaturated/α-hetero) is 2. The number of carbonyl (C=O) groups is 2. The Kier molecular flexibility index (Phi) is 12.4. The maximum atomic E-state index is 12.1. The Labute approximate surface area is 385 Å². The number of carbonyl (C=O) groups excluding carboxylic acids is 2. The van der Waals surface area contributed by atoms with Crippen molar-refractivity contribution in [2.45, 2.75) is 0 Å². The van der Waals surface area contributed by atoms with Gasteiger partial charge in [0.05, 0.1) is 0 Å². The van der Waals surface area contributed by atoms with Gasteiger partial charge in [-0.15, -0.1) is 0 Å². The molecule has 1 aliphatic rings. The van der Waals surface area contributed by atoms with Gasteiger partial charge in [-0.1, -0.05) is 146 Å². The number of benzene rings is 8. The van der Waals surface area contributed by atoms with E-state index < -0.39 is 22.4 Å². The molecule has 0 radical (unpaired) electrons. The number of pyridine rings is 2. The fraction of sp³-hybridized carbons (Fsp3) is 0.0351. The van der Waals surface area contributed by atoms with Crippen molar-refractivity contribution >= 4 is 49.6 Å². The van der Waals surface area contributed by atoms with Crippen molar-refractivity contribution in [1.29, 1.82) is 0 Å². The number of rotatable bonds is 4. The molecular weight excluding hydrogens is 833 g/mol. The summed E-state index contributed by atoms with van der Waals surface area (Å²) in [4.78, 5) is 71.9. The van der Waals surface area contributed by atoms with Gasteiger partial charge in [0.15, 0.2) is 17.5 Å². The molecule has 322 valence electrons. The quantitative estimate of drug-likeness (QED) is 0.124. The van der Waals surface area contributed by atoms with Gasteiger partial charge in [0.1, 0.15) is 0 Å². The summed E-state index contributed by atoms with van der Waals surface area (Å²) in [7, 11) is 4.07. The van der Waals surface area contributed by atoms with Gasteiger partial charge in [-0.2, -0.15) is 0 Å². The van der Waals surface area contributed by atoms with Crippen molar-refractivity contribution in [1.82, 2.24) is 24.9 Å². The topological polar surface area (TPSA) is 136 Å². The van der Waals surface area contributed by atoms with Crippen LogP contribution in [0.25, 0.3) is 77.6 Å². The van der Waals surface area contributed by atoms with E-state index in [1.807, 2.05) is 148 Å². The van der Waals surface area contributed by atoms with Crippen LogP contribution in [0.5, 0.6) is 0 Å². The zero-order valence-electron chi connectivity index (χ0n) is 36.4. The molecule has 0 unspecified atom stereocenters. The van der Waals surface area contributed by atoms with Gasteiger partial charge in [-0.3, -0.25) is 29.1 Å².